The Balaban J connectivity index is 1.87. The van der Waals surface area contributed by atoms with Gasteiger partial charge in [0.25, 0.3) is 0 Å². The summed E-state index contributed by atoms with van der Waals surface area (Å²) in [6.07, 6.45) is 7.40. The summed E-state index contributed by atoms with van der Waals surface area (Å²) >= 11 is 6.70. The zero-order valence-corrected chi connectivity index (χ0v) is 20.5. The second-order valence-electron chi connectivity index (χ2n) is 8.25. The van der Waals surface area contributed by atoms with E-state index in [-0.39, 0.29) is 21.7 Å². The quantitative estimate of drug-likeness (QED) is 0.165. The molecule has 3 aromatic rings. The van der Waals surface area contributed by atoms with Gasteiger partial charge in [-0.25, -0.2) is 19.4 Å². The van der Waals surface area contributed by atoms with E-state index in [2.05, 4.69) is 6.92 Å². The van der Waals surface area contributed by atoms with E-state index in [1.807, 2.05) is 36.4 Å². The third-order valence-corrected chi connectivity index (χ3v) is 6.12. The van der Waals surface area contributed by atoms with Gasteiger partial charge in [0.15, 0.2) is 0 Å². The second kappa shape index (κ2) is 13.3. The first-order chi connectivity index (χ1) is 17.1. The van der Waals surface area contributed by atoms with Crippen LogP contribution >= 0.6 is 11.6 Å². The average molecular weight is 490 g/mol. The fourth-order valence-corrected chi connectivity index (χ4v) is 4.30. The number of nitriles is 1. The molecule has 35 heavy (non-hydrogen) atoms. The average Bonchev–Trinajstić information content (AvgIpc) is 2.89. The minimum atomic E-state index is -0.948. The predicted octanol–water partition coefficient (Wildman–Crippen LogP) is 7.71. The molecule has 0 saturated heterocycles. The van der Waals surface area contributed by atoms with Gasteiger partial charge in [-0.2, -0.15) is 5.26 Å². The molecule has 0 unspecified atom stereocenters. The summed E-state index contributed by atoms with van der Waals surface area (Å²) in [6.45, 7) is 2.18. The summed E-state index contributed by atoms with van der Waals surface area (Å²) in [6, 6.07) is 21.4. The van der Waals surface area contributed by atoms with E-state index < -0.39 is 11.9 Å². The van der Waals surface area contributed by atoms with Crippen molar-refractivity contribution in [2.75, 3.05) is 0 Å². The summed E-state index contributed by atoms with van der Waals surface area (Å²) < 4.78 is 0. The summed E-state index contributed by atoms with van der Waals surface area (Å²) in [5.74, 6) is -1.76. The fraction of sp³-hybridized carbons (Fsp3) is 0.276. The second-order valence-corrected chi connectivity index (χ2v) is 8.63. The van der Waals surface area contributed by atoms with Gasteiger partial charge < -0.3 is 0 Å². The van der Waals surface area contributed by atoms with Gasteiger partial charge in [-0.15, -0.1) is 0 Å². The van der Waals surface area contributed by atoms with Crippen LogP contribution in [0.1, 0.15) is 77.3 Å². The van der Waals surface area contributed by atoms with Crippen LogP contribution in [0.3, 0.4) is 0 Å². The van der Waals surface area contributed by atoms with Crippen LogP contribution in [-0.2, 0) is 16.2 Å². The van der Waals surface area contributed by atoms with E-state index in [1.54, 1.807) is 36.4 Å². The first-order valence-electron chi connectivity index (χ1n) is 11.9. The zero-order chi connectivity index (χ0) is 25.0. The van der Waals surface area contributed by atoms with Crippen molar-refractivity contribution in [2.24, 2.45) is 0 Å². The normalized spacial score (nSPS) is 10.4. The molecule has 0 heterocycles. The molecule has 0 amide bonds. The number of unbranched alkanes of at least 4 members (excludes halogenated alkanes) is 5. The summed E-state index contributed by atoms with van der Waals surface area (Å²) in [7, 11) is 0. The van der Waals surface area contributed by atoms with Crippen LogP contribution in [-0.4, -0.2) is 11.9 Å². The van der Waals surface area contributed by atoms with Crippen molar-refractivity contribution < 1.29 is 19.4 Å². The molecule has 180 valence electrons. The first kappa shape index (κ1) is 26.0. The number of nitrogens with zero attached hydrogens (tertiary/aromatic N) is 1. The molecule has 0 atom stereocenters. The fourth-order valence-electron chi connectivity index (χ4n) is 3.93. The van der Waals surface area contributed by atoms with Gasteiger partial charge in [-0.3, -0.25) is 0 Å². The lowest BCUT2D eigenvalue weighted by molar-refractivity contribution is -0.187. The van der Waals surface area contributed by atoms with E-state index in [1.165, 1.54) is 19.3 Å². The molecule has 0 saturated carbocycles. The van der Waals surface area contributed by atoms with Crippen molar-refractivity contribution in [1.29, 1.82) is 5.26 Å². The smallest absolute Gasteiger partial charge is 0.242 e. The summed E-state index contributed by atoms with van der Waals surface area (Å²) in [5.41, 5.74) is 2.64. The highest BCUT2D eigenvalue weighted by Gasteiger charge is 2.24. The number of aryl methyl sites for hydroxylation is 1. The monoisotopic (exact) mass is 489 g/mol. The van der Waals surface area contributed by atoms with Gasteiger partial charge in [0.1, 0.15) is 6.07 Å². The Morgan fingerprint density at radius 3 is 2.11 bits per heavy atom. The van der Waals surface area contributed by atoms with E-state index in [9.17, 15) is 14.9 Å². The number of hydrogen-bond donors (Lipinski definition) is 0. The van der Waals surface area contributed by atoms with Crippen molar-refractivity contribution >= 4 is 23.5 Å². The molecule has 3 aromatic carbocycles. The van der Waals surface area contributed by atoms with Crippen LogP contribution < -0.4 is 0 Å². The summed E-state index contributed by atoms with van der Waals surface area (Å²) in [4.78, 5) is 34.6. The highest BCUT2D eigenvalue weighted by Crippen LogP contribution is 2.37. The van der Waals surface area contributed by atoms with E-state index in [4.69, 9.17) is 21.4 Å². The molecule has 0 aliphatic carbocycles. The van der Waals surface area contributed by atoms with Crippen molar-refractivity contribution in [2.45, 2.75) is 51.9 Å². The first-order valence-corrected chi connectivity index (χ1v) is 12.2. The lowest BCUT2D eigenvalue weighted by atomic mass is 9.91. The largest absolute Gasteiger partial charge is 0.387 e. The Kier molecular flexibility index (Phi) is 9.89. The molecule has 0 radical (unpaired) electrons. The maximum Gasteiger partial charge on any atom is 0.387 e. The van der Waals surface area contributed by atoms with Gasteiger partial charge in [-0.05, 0) is 42.2 Å². The Hall–Kier alpha value is -3.62. The molecule has 0 N–H and O–H groups in total. The maximum atomic E-state index is 12.9. The van der Waals surface area contributed by atoms with Crippen LogP contribution in [0.2, 0.25) is 5.02 Å². The maximum absolute atomic E-state index is 12.9. The topological polar surface area (TPSA) is 76.4 Å². The van der Waals surface area contributed by atoms with Gasteiger partial charge in [0.05, 0.1) is 21.7 Å². The Morgan fingerprint density at radius 2 is 1.46 bits per heavy atom. The third-order valence-electron chi connectivity index (χ3n) is 5.74. The highest BCUT2D eigenvalue weighted by molar-refractivity contribution is 6.35. The molecule has 0 fully saturated rings. The van der Waals surface area contributed by atoms with Gasteiger partial charge in [-0.1, -0.05) is 99.2 Å². The molecule has 5 nitrogen and oxygen atoms in total. The van der Waals surface area contributed by atoms with Gasteiger partial charge >= 0.3 is 11.9 Å². The standard InChI is InChI=1S/C29H28ClNO4/c1-2-3-4-5-6-9-18-23-19-24(29(33)35-34-28(32)22-16-12-8-13-17-22)25(20-31)27(30)26(23)21-14-10-7-11-15-21/h7-8,10-17,19H,2-6,9,18H2,1H3. The molecule has 0 aromatic heterocycles. The van der Waals surface area contributed by atoms with Crippen LogP contribution in [0.15, 0.2) is 66.7 Å². The molecule has 0 spiro atoms. The SMILES string of the molecule is CCCCCCCCc1cc(C(=O)OOC(=O)c2ccccc2)c(C#N)c(Cl)c1-c1ccccc1. The van der Waals surface area contributed by atoms with Crippen LogP contribution in [0.25, 0.3) is 11.1 Å². The Labute approximate surface area is 211 Å². The molecule has 0 aliphatic rings. The molecular weight excluding hydrogens is 462 g/mol. The predicted molar refractivity (Wildman–Crippen MR) is 136 cm³/mol. The number of carbonyl (C=O) groups excluding carboxylic acids is 2. The van der Waals surface area contributed by atoms with Crippen LogP contribution in [0.4, 0.5) is 0 Å². The van der Waals surface area contributed by atoms with Crippen LogP contribution in [0.5, 0.6) is 0 Å². The zero-order valence-electron chi connectivity index (χ0n) is 19.8. The van der Waals surface area contributed by atoms with Crippen LogP contribution in [0, 0.1) is 11.3 Å². The molecular formula is C29H28ClNO4. The molecule has 3 rings (SSSR count). The molecule has 6 heteroatoms. The van der Waals surface area contributed by atoms with Crippen molar-refractivity contribution in [1.82, 2.24) is 0 Å². The number of rotatable bonds is 10. The number of benzene rings is 3. The lowest BCUT2D eigenvalue weighted by Crippen LogP contribution is -2.14. The molecule has 0 bridgehead atoms. The summed E-state index contributed by atoms with van der Waals surface area (Å²) in [5, 5.41) is 10.00. The van der Waals surface area contributed by atoms with E-state index in [0.29, 0.717) is 6.42 Å². The highest BCUT2D eigenvalue weighted by atomic mass is 35.5. The van der Waals surface area contributed by atoms with Crippen molar-refractivity contribution in [3.63, 3.8) is 0 Å². The molecule has 0 aliphatic heterocycles. The van der Waals surface area contributed by atoms with Gasteiger partial charge in [0.2, 0.25) is 0 Å². The minimum absolute atomic E-state index is 0.0158. The van der Waals surface area contributed by atoms with Crippen molar-refractivity contribution in [3.05, 3.63) is 94.0 Å². The van der Waals surface area contributed by atoms with Gasteiger partial charge in [0, 0.05) is 5.56 Å². The van der Waals surface area contributed by atoms with E-state index >= 15 is 0 Å². The Bertz CT molecular complexity index is 1190. The number of hydrogen-bond acceptors (Lipinski definition) is 5. The van der Waals surface area contributed by atoms with E-state index in [0.717, 1.165) is 36.0 Å². The number of carbonyl (C=O) groups is 2. The Morgan fingerprint density at radius 1 is 0.857 bits per heavy atom. The van der Waals surface area contributed by atoms with Crippen molar-refractivity contribution in [3.8, 4) is 17.2 Å². The number of halogens is 1. The lowest BCUT2D eigenvalue weighted by Gasteiger charge is -2.16. The minimum Gasteiger partial charge on any atom is -0.242 e. The third kappa shape index (κ3) is 6.94.